The van der Waals surface area contributed by atoms with Crippen molar-refractivity contribution >= 4 is 38.3 Å². The minimum Gasteiger partial charge on any atom is -0.492 e. The number of para-hydroxylation sites is 2. The van der Waals surface area contributed by atoms with Gasteiger partial charge in [-0.2, -0.15) is 0 Å². The summed E-state index contributed by atoms with van der Waals surface area (Å²) in [5.41, 5.74) is 2.73. The van der Waals surface area contributed by atoms with Gasteiger partial charge in [-0.15, -0.1) is 0 Å². The quantitative estimate of drug-likeness (QED) is 0.418. The third kappa shape index (κ3) is 3.78. The first-order chi connectivity index (χ1) is 13.2. The fourth-order valence-electron chi connectivity index (χ4n) is 2.89. The molecular formula is C22H18BrN3O. The molecule has 4 nitrogen and oxygen atoms in total. The van der Waals surface area contributed by atoms with Gasteiger partial charge in [-0.1, -0.05) is 58.4 Å². The molecule has 5 heteroatoms. The molecule has 4 aromatic rings. The van der Waals surface area contributed by atoms with Gasteiger partial charge in [-0.25, -0.2) is 9.97 Å². The minimum absolute atomic E-state index is 0.601. The van der Waals surface area contributed by atoms with E-state index in [2.05, 4.69) is 21.2 Å². The van der Waals surface area contributed by atoms with Crippen LogP contribution in [0.1, 0.15) is 6.92 Å². The van der Waals surface area contributed by atoms with Crippen molar-refractivity contribution in [1.29, 1.82) is 0 Å². The van der Waals surface area contributed by atoms with Gasteiger partial charge in [-0.05, 0) is 37.3 Å². The van der Waals surface area contributed by atoms with Crippen LogP contribution < -0.4 is 10.1 Å². The van der Waals surface area contributed by atoms with Gasteiger partial charge in [0.05, 0.1) is 17.8 Å². The summed E-state index contributed by atoms with van der Waals surface area (Å²) in [5.74, 6) is 2.22. The summed E-state index contributed by atoms with van der Waals surface area (Å²) in [4.78, 5) is 9.55. The molecule has 27 heavy (non-hydrogen) atoms. The summed E-state index contributed by atoms with van der Waals surface area (Å²) in [6.07, 6.45) is 0. The van der Waals surface area contributed by atoms with Gasteiger partial charge in [-0.3, -0.25) is 0 Å². The summed E-state index contributed by atoms with van der Waals surface area (Å²) >= 11 is 3.55. The van der Waals surface area contributed by atoms with Crippen molar-refractivity contribution in [3.8, 4) is 17.1 Å². The molecule has 3 aromatic carbocycles. The van der Waals surface area contributed by atoms with E-state index in [0.29, 0.717) is 12.4 Å². The van der Waals surface area contributed by atoms with Crippen LogP contribution in [-0.2, 0) is 0 Å². The molecule has 0 saturated carbocycles. The molecule has 0 unspecified atom stereocenters. The first kappa shape index (κ1) is 17.5. The number of halogens is 1. The van der Waals surface area contributed by atoms with E-state index in [1.54, 1.807) is 0 Å². The largest absolute Gasteiger partial charge is 0.492 e. The average molecular weight is 420 g/mol. The third-order valence-electron chi connectivity index (χ3n) is 4.13. The smallest absolute Gasteiger partial charge is 0.162 e. The minimum atomic E-state index is 0.601. The maximum Gasteiger partial charge on any atom is 0.162 e. The number of benzene rings is 3. The van der Waals surface area contributed by atoms with Gasteiger partial charge < -0.3 is 10.1 Å². The first-order valence-electron chi connectivity index (χ1n) is 8.76. The van der Waals surface area contributed by atoms with Crippen LogP contribution in [0.25, 0.3) is 22.3 Å². The fraction of sp³-hybridized carbons (Fsp3) is 0.0909. The highest BCUT2D eigenvalue weighted by atomic mass is 79.9. The van der Waals surface area contributed by atoms with Crippen LogP contribution in [0, 0.1) is 0 Å². The number of ether oxygens (including phenoxy) is 1. The van der Waals surface area contributed by atoms with Crippen LogP contribution in [0.4, 0.5) is 11.5 Å². The molecule has 0 aliphatic heterocycles. The Balaban J connectivity index is 1.87. The Bertz CT molecular complexity index is 1080. The number of fused-ring (bicyclic) bond motifs is 1. The highest BCUT2D eigenvalue weighted by Crippen LogP contribution is 2.32. The molecule has 0 amide bonds. The highest BCUT2D eigenvalue weighted by Gasteiger charge is 2.12. The van der Waals surface area contributed by atoms with Crippen LogP contribution >= 0.6 is 15.9 Å². The highest BCUT2D eigenvalue weighted by molar-refractivity contribution is 9.10. The maximum absolute atomic E-state index is 5.74. The van der Waals surface area contributed by atoms with Crippen molar-refractivity contribution in [3.05, 3.63) is 77.3 Å². The van der Waals surface area contributed by atoms with Gasteiger partial charge >= 0.3 is 0 Å². The molecule has 0 aliphatic carbocycles. The monoisotopic (exact) mass is 419 g/mol. The van der Waals surface area contributed by atoms with Gasteiger partial charge in [0.25, 0.3) is 0 Å². The zero-order valence-electron chi connectivity index (χ0n) is 14.8. The molecule has 0 fully saturated rings. The number of hydrogen-bond donors (Lipinski definition) is 1. The van der Waals surface area contributed by atoms with Crippen molar-refractivity contribution in [3.63, 3.8) is 0 Å². The molecule has 0 saturated heterocycles. The molecule has 1 heterocycles. The molecule has 0 radical (unpaired) electrons. The van der Waals surface area contributed by atoms with E-state index in [0.717, 1.165) is 38.2 Å². The molecule has 0 aliphatic rings. The summed E-state index contributed by atoms with van der Waals surface area (Å²) in [6, 6.07) is 23.9. The van der Waals surface area contributed by atoms with Crippen molar-refractivity contribution < 1.29 is 4.74 Å². The standard InChI is InChI=1S/C22H18BrN3O/c1-2-27-20-11-7-6-10-19(20)25-22-17-14-16(23)12-13-18(17)24-21(26-22)15-8-4-3-5-9-15/h3-14H,2H2,1H3,(H,24,25,26). The van der Waals surface area contributed by atoms with Crippen molar-refractivity contribution in [1.82, 2.24) is 9.97 Å². The molecule has 0 bridgehead atoms. The Kier molecular flexibility index (Phi) is 5.03. The molecule has 4 rings (SSSR count). The number of nitrogens with zero attached hydrogens (tertiary/aromatic N) is 2. The fourth-order valence-corrected chi connectivity index (χ4v) is 3.25. The lowest BCUT2D eigenvalue weighted by atomic mass is 10.1. The van der Waals surface area contributed by atoms with Crippen LogP contribution in [0.3, 0.4) is 0 Å². The summed E-state index contributed by atoms with van der Waals surface area (Å²) in [7, 11) is 0. The Morgan fingerprint density at radius 3 is 2.52 bits per heavy atom. The Labute approximate surface area is 166 Å². The predicted molar refractivity (Wildman–Crippen MR) is 114 cm³/mol. The lowest BCUT2D eigenvalue weighted by Crippen LogP contribution is -2.02. The van der Waals surface area contributed by atoms with Gasteiger partial charge in [0.2, 0.25) is 0 Å². The Morgan fingerprint density at radius 2 is 1.70 bits per heavy atom. The molecule has 0 atom stereocenters. The number of anilines is 2. The van der Waals surface area contributed by atoms with E-state index < -0.39 is 0 Å². The van der Waals surface area contributed by atoms with E-state index in [1.807, 2.05) is 79.7 Å². The van der Waals surface area contributed by atoms with Crippen LogP contribution in [0.2, 0.25) is 0 Å². The molecule has 1 aromatic heterocycles. The van der Waals surface area contributed by atoms with E-state index in [1.165, 1.54) is 0 Å². The zero-order valence-corrected chi connectivity index (χ0v) is 16.4. The number of nitrogens with one attached hydrogen (secondary N) is 1. The second-order valence-corrected chi connectivity index (χ2v) is 6.89. The van der Waals surface area contributed by atoms with E-state index in [4.69, 9.17) is 14.7 Å². The summed E-state index contributed by atoms with van der Waals surface area (Å²) in [6.45, 7) is 2.57. The number of hydrogen-bond acceptors (Lipinski definition) is 4. The number of rotatable bonds is 5. The molecule has 134 valence electrons. The summed E-state index contributed by atoms with van der Waals surface area (Å²) in [5, 5.41) is 4.38. The predicted octanol–water partition coefficient (Wildman–Crippen LogP) is 6.20. The molecule has 0 spiro atoms. The van der Waals surface area contributed by atoms with Crippen molar-refractivity contribution in [2.24, 2.45) is 0 Å². The topological polar surface area (TPSA) is 47.0 Å². The second kappa shape index (κ2) is 7.76. The van der Waals surface area contributed by atoms with E-state index >= 15 is 0 Å². The Morgan fingerprint density at radius 1 is 0.926 bits per heavy atom. The van der Waals surface area contributed by atoms with Crippen molar-refractivity contribution in [2.45, 2.75) is 6.92 Å². The van der Waals surface area contributed by atoms with Gasteiger partial charge in [0, 0.05) is 15.4 Å². The first-order valence-corrected chi connectivity index (χ1v) is 9.55. The van der Waals surface area contributed by atoms with Crippen molar-refractivity contribution in [2.75, 3.05) is 11.9 Å². The summed E-state index contributed by atoms with van der Waals surface area (Å²) < 4.78 is 6.72. The SMILES string of the molecule is CCOc1ccccc1Nc1nc(-c2ccccc2)nc2ccc(Br)cc12. The van der Waals surface area contributed by atoms with Crippen LogP contribution in [0.5, 0.6) is 5.75 Å². The van der Waals surface area contributed by atoms with Gasteiger partial charge in [0.15, 0.2) is 5.82 Å². The third-order valence-corrected chi connectivity index (χ3v) is 4.62. The normalized spacial score (nSPS) is 10.7. The average Bonchev–Trinajstić information content (AvgIpc) is 2.70. The Hall–Kier alpha value is -2.92. The van der Waals surface area contributed by atoms with Crippen LogP contribution in [-0.4, -0.2) is 16.6 Å². The molecular weight excluding hydrogens is 402 g/mol. The lowest BCUT2D eigenvalue weighted by molar-refractivity contribution is 0.342. The van der Waals surface area contributed by atoms with Gasteiger partial charge in [0.1, 0.15) is 11.6 Å². The van der Waals surface area contributed by atoms with Crippen LogP contribution in [0.15, 0.2) is 77.3 Å². The maximum atomic E-state index is 5.74. The number of aromatic nitrogens is 2. The molecule has 1 N–H and O–H groups in total. The second-order valence-electron chi connectivity index (χ2n) is 5.98. The lowest BCUT2D eigenvalue weighted by Gasteiger charge is -2.14. The van der Waals surface area contributed by atoms with E-state index in [-0.39, 0.29) is 0 Å². The zero-order chi connectivity index (χ0) is 18.6. The van der Waals surface area contributed by atoms with E-state index in [9.17, 15) is 0 Å².